The van der Waals surface area contributed by atoms with Crippen LogP contribution in [0.4, 0.5) is 5.69 Å². The number of amides is 1. The maximum Gasteiger partial charge on any atom is 0.304 e. The lowest BCUT2D eigenvalue weighted by Gasteiger charge is -2.11. The van der Waals surface area contributed by atoms with Crippen LogP contribution in [0.1, 0.15) is 13.8 Å². The number of benzene rings is 2. The van der Waals surface area contributed by atoms with Crippen molar-refractivity contribution in [2.45, 2.75) is 20.0 Å². The summed E-state index contributed by atoms with van der Waals surface area (Å²) >= 11 is 12.1. The Hall–Kier alpha value is -2.77. The third-order valence-corrected chi connectivity index (χ3v) is 4.67. The summed E-state index contributed by atoms with van der Waals surface area (Å²) in [6.45, 7) is 4.02. The van der Waals surface area contributed by atoms with Crippen LogP contribution in [0.5, 0.6) is 17.4 Å². The van der Waals surface area contributed by atoms with E-state index in [2.05, 4.69) is 15.2 Å². The molecule has 28 heavy (non-hydrogen) atoms. The van der Waals surface area contributed by atoms with Crippen LogP contribution < -0.4 is 9.47 Å². The van der Waals surface area contributed by atoms with Gasteiger partial charge in [0, 0.05) is 5.39 Å². The molecule has 7 nitrogen and oxygen atoms in total. The largest absolute Gasteiger partial charge is 0.494 e. The van der Waals surface area contributed by atoms with E-state index < -0.39 is 12.0 Å². The van der Waals surface area contributed by atoms with Crippen molar-refractivity contribution in [3.63, 3.8) is 0 Å². The number of nitrogens with one attached hydrogen (secondary N) is 1. The number of halogens is 2. The van der Waals surface area contributed by atoms with Crippen LogP contribution in [0, 0.1) is 0 Å². The molecule has 1 atom stereocenters. The Morgan fingerprint density at radius 1 is 1.18 bits per heavy atom. The Kier molecular flexibility index (Phi) is 6.06. The normalized spacial score (nSPS) is 12.4. The standard InChI is InChI=1S/C19H17Cl2N3O4/c1-3-27-11-4-6-12(7-5-11)28-10(2)18(25)24-23-17-13-8-9-14(20)15(21)16(13)22-19(17)26/h4-10,22,26H,3H2,1-2H3. The number of hydrogen-bond donors (Lipinski definition) is 2. The molecule has 3 aromatic rings. The van der Waals surface area contributed by atoms with Gasteiger partial charge in [-0.05, 0) is 50.2 Å². The lowest BCUT2D eigenvalue weighted by atomic mass is 10.2. The molecule has 1 heterocycles. The molecule has 1 aromatic heterocycles. The van der Waals surface area contributed by atoms with Crippen molar-refractivity contribution in [2.75, 3.05) is 6.61 Å². The van der Waals surface area contributed by atoms with Crippen molar-refractivity contribution in [1.29, 1.82) is 0 Å². The number of azo groups is 1. The van der Waals surface area contributed by atoms with Crippen LogP contribution in [0.3, 0.4) is 0 Å². The van der Waals surface area contributed by atoms with Crippen LogP contribution in [-0.2, 0) is 4.79 Å². The summed E-state index contributed by atoms with van der Waals surface area (Å²) in [6, 6.07) is 10.1. The molecule has 0 spiro atoms. The van der Waals surface area contributed by atoms with Gasteiger partial charge >= 0.3 is 5.91 Å². The average Bonchev–Trinajstić information content (AvgIpc) is 3.00. The van der Waals surface area contributed by atoms with Crippen molar-refractivity contribution in [2.24, 2.45) is 10.2 Å². The van der Waals surface area contributed by atoms with Crippen molar-refractivity contribution >= 4 is 45.7 Å². The third-order valence-electron chi connectivity index (χ3n) is 3.86. The van der Waals surface area contributed by atoms with Gasteiger partial charge in [0.15, 0.2) is 11.8 Å². The second-order valence-electron chi connectivity index (χ2n) is 5.81. The summed E-state index contributed by atoms with van der Waals surface area (Å²) in [4.78, 5) is 14.9. The van der Waals surface area contributed by atoms with E-state index in [1.807, 2.05) is 6.92 Å². The van der Waals surface area contributed by atoms with Gasteiger partial charge in [0.05, 0.1) is 22.2 Å². The molecule has 9 heteroatoms. The van der Waals surface area contributed by atoms with Crippen molar-refractivity contribution in [3.05, 3.63) is 46.4 Å². The number of carbonyl (C=O) groups excluding carboxylic acids is 1. The summed E-state index contributed by atoms with van der Waals surface area (Å²) in [5.74, 6) is 0.330. The first-order valence-corrected chi connectivity index (χ1v) is 9.20. The van der Waals surface area contributed by atoms with Crippen molar-refractivity contribution in [1.82, 2.24) is 4.98 Å². The highest BCUT2D eigenvalue weighted by molar-refractivity contribution is 6.45. The van der Waals surface area contributed by atoms with Crippen LogP contribution >= 0.6 is 23.2 Å². The summed E-state index contributed by atoms with van der Waals surface area (Å²) in [5.41, 5.74) is 0.502. The van der Waals surface area contributed by atoms with Gasteiger partial charge in [-0.25, -0.2) is 0 Å². The third kappa shape index (κ3) is 4.21. The molecule has 0 radical (unpaired) electrons. The molecule has 146 valence electrons. The lowest BCUT2D eigenvalue weighted by Crippen LogP contribution is -2.21. The fourth-order valence-electron chi connectivity index (χ4n) is 2.49. The molecule has 3 rings (SSSR count). The quantitative estimate of drug-likeness (QED) is 0.501. The van der Waals surface area contributed by atoms with Gasteiger partial charge in [-0.2, -0.15) is 0 Å². The second kappa shape index (κ2) is 8.50. The number of H-pyrrole nitrogens is 1. The number of fused-ring (bicyclic) bond motifs is 1. The van der Waals surface area contributed by atoms with E-state index >= 15 is 0 Å². The lowest BCUT2D eigenvalue weighted by molar-refractivity contribution is -0.124. The van der Waals surface area contributed by atoms with E-state index in [1.165, 1.54) is 0 Å². The van der Waals surface area contributed by atoms with Crippen LogP contribution in [0.2, 0.25) is 10.0 Å². The predicted molar refractivity (Wildman–Crippen MR) is 107 cm³/mol. The SMILES string of the molecule is CCOc1ccc(OC(C)C(=O)N=Nc2c(O)[nH]c3c(Cl)c(Cl)ccc23)cc1. The monoisotopic (exact) mass is 421 g/mol. The highest BCUT2D eigenvalue weighted by atomic mass is 35.5. The molecule has 1 amide bonds. The summed E-state index contributed by atoms with van der Waals surface area (Å²) < 4.78 is 10.9. The molecule has 0 fully saturated rings. The Morgan fingerprint density at radius 3 is 2.54 bits per heavy atom. The van der Waals surface area contributed by atoms with Gasteiger partial charge in [0.2, 0.25) is 5.88 Å². The predicted octanol–water partition coefficient (Wildman–Crippen LogP) is 5.66. The van der Waals surface area contributed by atoms with Crippen LogP contribution in [-0.4, -0.2) is 28.7 Å². The van der Waals surface area contributed by atoms with Gasteiger partial charge in [-0.1, -0.05) is 23.2 Å². The molecule has 2 aromatic carbocycles. The fraction of sp³-hybridized carbons (Fsp3) is 0.211. The Labute approximate surface area is 170 Å². The number of carbonyl (C=O) groups is 1. The molecule has 0 aliphatic rings. The average molecular weight is 422 g/mol. The first-order valence-electron chi connectivity index (χ1n) is 8.44. The molecular weight excluding hydrogens is 405 g/mol. The highest BCUT2D eigenvalue weighted by Crippen LogP contribution is 2.40. The van der Waals surface area contributed by atoms with Gasteiger partial charge in [-0.3, -0.25) is 4.79 Å². The molecule has 2 N–H and O–H groups in total. The second-order valence-corrected chi connectivity index (χ2v) is 6.59. The maximum atomic E-state index is 12.2. The van der Waals surface area contributed by atoms with Gasteiger partial charge in [-0.15, -0.1) is 10.2 Å². The number of nitrogens with zero attached hydrogens (tertiary/aromatic N) is 2. The Bertz CT molecular complexity index is 1030. The number of rotatable bonds is 6. The van der Waals surface area contributed by atoms with Crippen molar-refractivity contribution in [3.8, 4) is 17.4 Å². The van der Waals surface area contributed by atoms with Crippen LogP contribution in [0.15, 0.2) is 46.6 Å². The van der Waals surface area contributed by atoms with E-state index in [0.717, 1.165) is 0 Å². The Balaban J connectivity index is 1.73. The van der Waals surface area contributed by atoms with Gasteiger partial charge < -0.3 is 19.6 Å². The first kappa shape index (κ1) is 20.0. The Morgan fingerprint density at radius 2 is 1.86 bits per heavy atom. The molecule has 0 saturated heterocycles. The summed E-state index contributed by atoms with van der Waals surface area (Å²) in [6.07, 6.45) is -0.868. The van der Waals surface area contributed by atoms with Gasteiger partial charge in [0.25, 0.3) is 0 Å². The van der Waals surface area contributed by atoms with E-state index in [0.29, 0.717) is 34.0 Å². The topological polar surface area (TPSA) is 96.3 Å². The molecule has 0 aliphatic heterocycles. The minimum absolute atomic E-state index is 0.0928. The van der Waals surface area contributed by atoms with E-state index in [-0.39, 0.29) is 16.6 Å². The summed E-state index contributed by atoms with van der Waals surface area (Å²) in [5, 5.41) is 18.6. The van der Waals surface area contributed by atoms with E-state index in [4.69, 9.17) is 32.7 Å². The zero-order valence-corrected chi connectivity index (χ0v) is 16.6. The number of aromatic nitrogens is 1. The number of hydrogen-bond acceptors (Lipinski definition) is 5. The zero-order chi connectivity index (χ0) is 20.3. The van der Waals surface area contributed by atoms with E-state index in [1.54, 1.807) is 43.3 Å². The molecule has 0 saturated carbocycles. The molecule has 0 bridgehead atoms. The maximum absolute atomic E-state index is 12.2. The smallest absolute Gasteiger partial charge is 0.304 e. The number of aromatic hydroxyl groups is 1. The molecular formula is C19H17Cl2N3O4. The summed E-state index contributed by atoms with van der Waals surface area (Å²) in [7, 11) is 0. The molecule has 0 aliphatic carbocycles. The minimum Gasteiger partial charge on any atom is -0.494 e. The molecule has 1 unspecified atom stereocenters. The van der Waals surface area contributed by atoms with E-state index in [9.17, 15) is 9.90 Å². The zero-order valence-electron chi connectivity index (χ0n) is 15.1. The highest BCUT2D eigenvalue weighted by Gasteiger charge is 2.17. The number of ether oxygens (including phenoxy) is 2. The van der Waals surface area contributed by atoms with Crippen molar-refractivity contribution < 1.29 is 19.4 Å². The van der Waals surface area contributed by atoms with Crippen LogP contribution in [0.25, 0.3) is 10.9 Å². The first-order chi connectivity index (χ1) is 13.4. The minimum atomic E-state index is -0.868. The fourth-order valence-corrected chi connectivity index (χ4v) is 2.86. The number of aromatic amines is 1. The van der Waals surface area contributed by atoms with Gasteiger partial charge in [0.1, 0.15) is 11.5 Å².